The average molecular weight is 572 g/mol. The number of hydrogen-bond donors (Lipinski definition) is 3. The number of carbonyl (C=O) groups excluding carboxylic acids is 1. The normalized spacial score (nSPS) is 11.5. The molecule has 3 N–H and O–H groups in total. The van der Waals surface area contributed by atoms with Crippen molar-refractivity contribution in [1.29, 1.82) is 0 Å². The molecule has 5 aromatic rings. The van der Waals surface area contributed by atoms with Crippen molar-refractivity contribution in [2.24, 2.45) is 0 Å². The van der Waals surface area contributed by atoms with Gasteiger partial charge in [-0.05, 0) is 42.0 Å². The summed E-state index contributed by atoms with van der Waals surface area (Å²) in [6.45, 7) is 0. The van der Waals surface area contributed by atoms with Gasteiger partial charge in [0.2, 0.25) is 5.91 Å². The fourth-order valence-electron chi connectivity index (χ4n) is 4.03. The second kappa shape index (κ2) is 12.4. The van der Waals surface area contributed by atoms with Crippen LogP contribution >= 0.6 is 0 Å². The topological polar surface area (TPSA) is 114 Å². The molecular weight excluding hydrogens is 545 g/mol. The van der Waals surface area contributed by atoms with E-state index in [1.54, 1.807) is 80.9 Å². The summed E-state index contributed by atoms with van der Waals surface area (Å²) in [5, 5.41) is 5.95. The lowest BCUT2D eigenvalue weighted by molar-refractivity contribution is -0.115. The second-order valence-corrected chi connectivity index (χ2v) is 10.1. The lowest BCUT2D eigenvalue weighted by atomic mass is 10.1. The molecule has 1 aromatic heterocycles. The number of aromatic nitrogens is 2. The number of ether oxygens (including phenoxy) is 2. The molecule has 1 unspecified atom stereocenters. The largest absolute Gasteiger partial charge is 0.497 e. The molecule has 0 spiro atoms. The number of para-hydroxylation sites is 2. The summed E-state index contributed by atoms with van der Waals surface area (Å²) in [4.78, 5) is 22.3. The molecule has 5 rings (SSSR count). The first-order valence-electron chi connectivity index (χ1n) is 12.5. The molecule has 0 fully saturated rings. The first kappa shape index (κ1) is 27.5. The Morgan fingerprint density at radius 3 is 2.15 bits per heavy atom. The minimum atomic E-state index is -1.78. The summed E-state index contributed by atoms with van der Waals surface area (Å²) < 4.78 is 41.1. The zero-order valence-corrected chi connectivity index (χ0v) is 23.0. The molecule has 0 radical (unpaired) electrons. The zero-order chi connectivity index (χ0) is 28.8. The van der Waals surface area contributed by atoms with E-state index in [0.717, 1.165) is 0 Å². The van der Waals surface area contributed by atoms with Crippen molar-refractivity contribution in [2.45, 2.75) is 11.3 Å². The molecule has 1 amide bonds. The van der Waals surface area contributed by atoms with Crippen molar-refractivity contribution < 1.29 is 22.9 Å². The standard InChI is InChI=1S/C30H26FN5O4S/c1-39-22-15-21(16-23(18-22)40-2)33-29-30(35-27-13-6-5-12-26(27)34-29)36-41(38)24-10-7-9-20(17-24)32-28(37)14-19-8-3-4-11-25(19)31/h3-13,15-18H,14H2,1-2H3,(H,32,37)(H,33,34)(H,35,36). The molecule has 0 saturated carbocycles. The Morgan fingerprint density at radius 1 is 0.805 bits per heavy atom. The van der Waals surface area contributed by atoms with Gasteiger partial charge in [-0.2, -0.15) is 0 Å². The van der Waals surface area contributed by atoms with E-state index in [9.17, 15) is 13.4 Å². The van der Waals surface area contributed by atoms with Crippen LogP contribution < -0.4 is 24.8 Å². The maximum atomic E-state index is 14.0. The van der Waals surface area contributed by atoms with E-state index in [2.05, 4.69) is 20.3 Å². The Kier molecular flexibility index (Phi) is 8.35. The molecule has 41 heavy (non-hydrogen) atoms. The number of hydrogen-bond acceptors (Lipinski definition) is 7. The molecule has 0 bridgehead atoms. The van der Waals surface area contributed by atoms with Crippen LogP contribution in [0.3, 0.4) is 0 Å². The number of amides is 1. The number of nitrogens with zero attached hydrogens (tertiary/aromatic N) is 2. The van der Waals surface area contributed by atoms with Gasteiger partial charge in [0.25, 0.3) is 0 Å². The smallest absolute Gasteiger partial charge is 0.228 e. The molecule has 0 aliphatic rings. The quantitative estimate of drug-likeness (QED) is 0.193. The van der Waals surface area contributed by atoms with Crippen LogP contribution in [0.2, 0.25) is 0 Å². The summed E-state index contributed by atoms with van der Waals surface area (Å²) in [6, 6.07) is 25.3. The van der Waals surface area contributed by atoms with Gasteiger partial charge in [0.15, 0.2) is 22.6 Å². The summed E-state index contributed by atoms with van der Waals surface area (Å²) in [7, 11) is 1.34. The fraction of sp³-hybridized carbons (Fsp3) is 0.100. The fourth-order valence-corrected chi connectivity index (χ4v) is 4.90. The molecular formula is C30H26FN5O4S. The van der Waals surface area contributed by atoms with Crippen LogP contribution in [0.25, 0.3) is 11.0 Å². The third kappa shape index (κ3) is 6.76. The van der Waals surface area contributed by atoms with Gasteiger partial charge < -0.3 is 20.1 Å². The SMILES string of the molecule is COc1cc(Nc2nc3ccccc3nc2NS(=O)c2cccc(NC(=O)Cc3ccccc3F)c2)cc(OC)c1. The van der Waals surface area contributed by atoms with Gasteiger partial charge in [-0.1, -0.05) is 36.4 Å². The van der Waals surface area contributed by atoms with E-state index in [1.807, 2.05) is 18.2 Å². The molecule has 0 saturated heterocycles. The Labute approximate surface area is 238 Å². The Hall–Kier alpha value is -5.03. The minimum Gasteiger partial charge on any atom is -0.497 e. The van der Waals surface area contributed by atoms with Gasteiger partial charge in [0, 0.05) is 29.6 Å². The van der Waals surface area contributed by atoms with Crippen LogP contribution in [0.4, 0.5) is 27.4 Å². The van der Waals surface area contributed by atoms with E-state index in [-0.39, 0.29) is 17.8 Å². The predicted molar refractivity (Wildman–Crippen MR) is 158 cm³/mol. The highest BCUT2D eigenvalue weighted by Crippen LogP contribution is 2.31. The predicted octanol–water partition coefficient (Wildman–Crippen LogP) is 5.85. The highest BCUT2D eigenvalue weighted by molar-refractivity contribution is 7.86. The van der Waals surface area contributed by atoms with Crippen LogP contribution in [0.15, 0.2) is 95.9 Å². The number of nitrogens with one attached hydrogen (secondary N) is 3. The van der Waals surface area contributed by atoms with Crippen LogP contribution in [0, 0.1) is 5.82 Å². The second-order valence-electron chi connectivity index (χ2n) is 8.85. The summed E-state index contributed by atoms with van der Waals surface area (Å²) in [6.07, 6.45) is -0.130. The van der Waals surface area contributed by atoms with Gasteiger partial charge in [-0.25, -0.2) is 18.6 Å². The molecule has 4 aromatic carbocycles. The summed E-state index contributed by atoms with van der Waals surface area (Å²) in [5.74, 6) is 0.890. The Balaban J connectivity index is 1.39. The van der Waals surface area contributed by atoms with E-state index < -0.39 is 22.7 Å². The third-order valence-corrected chi connectivity index (χ3v) is 7.08. The maximum absolute atomic E-state index is 14.0. The van der Waals surface area contributed by atoms with Crippen molar-refractivity contribution in [3.8, 4) is 11.5 Å². The number of methoxy groups -OCH3 is 2. The van der Waals surface area contributed by atoms with Gasteiger partial charge >= 0.3 is 0 Å². The average Bonchev–Trinajstić information content (AvgIpc) is 2.98. The first-order valence-corrected chi connectivity index (χ1v) is 13.7. The summed E-state index contributed by atoms with van der Waals surface area (Å²) in [5.41, 5.74) is 2.58. The Morgan fingerprint density at radius 2 is 1.46 bits per heavy atom. The van der Waals surface area contributed by atoms with Crippen LogP contribution in [-0.4, -0.2) is 34.3 Å². The lowest BCUT2D eigenvalue weighted by Gasteiger charge is -2.15. The van der Waals surface area contributed by atoms with Gasteiger partial charge in [0.05, 0.1) is 36.6 Å². The van der Waals surface area contributed by atoms with Gasteiger partial charge in [-0.3, -0.25) is 9.52 Å². The molecule has 1 atom stereocenters. The molecule has 9 nitrogen and oxygen atoms in total. The molecule has 0 aliphatic carbocycles. The van der Waals surface area contributed by atoms with Gasteiger partial charge in [-0.15, -0.1) is 0 Å². The number of fused-ring (bicyclic) bond motifs is 1. The minimum absolute atomic E-state index is 0.130. The number of halogens is 1. The number of benzene rings is 4. The van der Waals surface area contributed by atoms with E-state index in [1.165, 1.54) is 6.07 Å². The maximum Gasteiger partial charge on any atom is 0.228 e. The van der Waals surface area contributed by atoms with Gasteiger partial charge in [0.1, 0.15) is 17.3 Å². The Bertz CT molecular complexity index is 1730. The molecule has 1 heterocycles. The van der Waals surface area contributed by atoms with Crippen molar-refractivity contribution in [2.75, 3.05) is 29.6 Å². The van der Waals surface area contributed by atoms with Crippen LogP contribution in [-0.2, 0) is 22.2 Å². The van der Waals surface area contributed by atoms with Crippen molar-refractivity contribution >= 4 is 50.9 Å². The monoisotopic (exact) mass is 571 g/mol. The van der Waals surface area contributed by atoms with E-state index in [0.29, 0.717) is 44.6 Å². The summed E-state index contributed by atoms with van der Waals surface area (Å²) >= 11 is 0. The van der Waals surface area contributed by atoms with Crippen LogP contribution in [0.5, 0.6) is 11.5 Å². The molecule has 11 heteroatoms. The van der Waals surface area contributed by atoms with Crippen molar-refractivity contribution in [3.05, 3.63) is 102 Å². The van der Waals surface area contributed by atoms with Crippen LogP contribution in [0.1, 0.15) is 5.56 Å². The number of carbonyl (C=O) groups is 1. The van der Waals surface area contributed by atoms with Crippen molar-refractivity contribution in [1.82, 2.24) is 9.97 Å². The number of rotatable bonds is 10. The lowest BCUT2D eigenvalue weighted by Crippen LogP contribution is -2.15. The number of anilines is 4. The highest BCUT2D eigenvalue weighted by Gasteiger charge is 2.15. The van der Waals surface area contributed by atoms with E-state index in [4.69, 9.17) is 14.5 Å². The van der Waals surface area contributed by atoms with Crippen molar-refractivity contribution in [3.63, 3.8) is 0 Å². The molecule has 0 aliphatic heterocycles. The zero-order valence-electron chi connectivity index (χ0n) is 22.2. The highest BCUT2D eigenvalue weighted by atomic mass is 32.2. The van der Waals surface area contributed by atoms with E-state index >= 15 is 0 Å². The molecule has 208 valence electrons. The third-order valence-electron chi connectivity index (χ3n) is 6.01. The first-order chi connectivity index (χ1) is 19.9.